The normalized spacial score (nSPS) is 17.6. The zero-order valence-electron chi connectivity index (χ0n) is 11.9. The molecular weight excluding hydrogens is 276 g/mol. The van der Waals surface area contributed by atoms with Gasteiger partial charge in [0.05, 0.1) is 13.2 Å². The van der Waals surface area contributed by atoms with Gasteiger partial charge in [-0.2, -0.15) is 0 Å². The van der Waals surface area contributed by atoms with Crippen molar-refractivity contribution < 1.29 is 29.6 Å². The molecule has 2 rings (SSSR count). The largest absolute Gasteiger partial charge is 0.461 e. The van der Waals surface area contributed by atoms with Crippen molar-refractivity contribution in [3.05, 3.63) is 29.8 Å². The minimum Gasteiger partial charge on any atom is -0.461 e. The highest BCUT2D eigenvalue weighted by Gasteiger charge is 2.34. The molecule has 1 aliphatic rings. The molecule has 0 fully saturated rings. The summed E-state index contributed by atoms with van der Waals surface area (Å²) in [6.45, 7) is 2.19. The molecule has 0 aromatic heterocycles. The summed E-state index contributed by atoms with van der Waals surface area (Å²) in [6, 6.07) is 4.79. The van der Waals surface area contributed by atoms with Gasteiger partial charge in [-0.3, -0.25) is 4.79 Å². The van der Waals surface area contributed by atoms with E-state index in [-0.39, 0.29) is 5.75 Å². The lowest BCUT2D eigenvalue weighted by molar-refractivity contribution is -0.149. The lowest BCUT2D eigenvalue weighted by Gasteiger charge is -2.23. The summed E-state index contributed by atoms with van der Waals surface area (Å²) < 4.78 is 10.4. The van der Waals surface area contributed by atoms with E-state index in [2.05, 4.69) is 0 Å². The first kappa shape index (κ1) is 15.5. The predicted molar refractivity (Wildman–Crippen MR) is 74.6 cm³/mol. The zero-order valence-corrected chi connectivity index (χ0v) is 11.9. The van der Waals surface area contributed by atoms with Crippen molar-refractivity contribution in [2.24, 2.45) is 5.41 Å². The molecule has 1 unspecified atom stereocenters. The molecule has 0 spiro atoms. The Morgan fingerprint density at radius 1 is 1.38 bits per heavy atom. The number of fused-ring (bicyclic) bond motifs is 1. The minimum absolute atomic E-state index is 0.216. The van der Waals surface area contributed by atoms with Crippen LogP contribution in [0.4, 0.5) is 0 Å². The summed E-state index contributed by atoms with van der Waals surface area (Å²) in [6.07, 6.45) is 0.534. The standard InChI is InChI=1S/C15H18O6/c1-9-5-13(18)21-12-6-10(3-4-11(9)12)20-14(19)15(2,7-16)8-17/h3-6,13,16-18H,7-8H2,1-2H3. The van der Waals surface area contributed by atoms with Gasteiger partial charge < -0.3 is 24.8 Å². The van der Waals surface area contributed by atoms with E-state index in [1.807, 2.05) is 6.92 Å². The molecule has 1 aromatic rings. The van der Waals surface area contributed by atoms with Crippen LogP contribution in [0.1, 0.15) is 19.4 Å². The monoisotopic (exact) mass is 294 g/mol. The summed E-state index contributed by atoms with van der Waals surface area (Å²) in [5.41, 5.74) is 0.288. The molecule has 6 nitrogen and oxygen atoms in total. The Balaban J connectivity index is 2.22. The molecule has 21 heavy (non-hydrogen) atoms. The lowest BCUT2D eigenvalue weighted by Crippen LogP contribution is -2.38. The maximum absolute atomic E-state index is 11.9. The van der Waals surface area contributed by atoms with Gasteiger partial charge in [-0.25, -0.2) is 0 Å². The van der Waals surface area contributed by atoms with Gasteiger partial charge in [0, 0.05) is 11.6 Å². The lowest BCUT2D eigenvalue weighted by atomic mass is 9.93. The molecule has 0 aliphatic carbocycles. The maximum Gasteiger partial charge on any atom is 0.321 e. The van der Waals surface area contributed by atoms with Crippen LogP contribution < -0.4 is 9.47 Å². The molecule has 3 N–H and O–H groups in total. The highest BCUT2D eigenvalue weighted by Crippen LogP contribution is 2.34. The molecule has 1 atom stereocenters. The summed E-state index contributed by atoms with van der Waals surface area (Å²) >= 11 is 0. The highest BCUT2D eigenvalue weighted by atomic mass is 16.6. The molecule has 6 heteroatoms. The number of ether oxygens (including phenoxy) is 2. The molecule has 0 amide bonds. The van der Waals surface area contributed by atoms with Gasteiger partial charge in [0.15, 0.2) is 0 Å². The first-order valence-corrected chi connectivity index (χ1v) is 6.51. The Labute approximate surface area is 122 Å². The molecule has 0 bridgehead atoms. The smallest absolute Gasteiger partial charge is 0.321 e. The number of aliphatic hydroxyl groups excluding tert-OH is 3. The van der Waals surface area contributed by atoms with Crippen molar-refractivity contribution in [2.45, 2.75) is 20.1 Å². The topological polar surface area (TPSA) is 96.2 Å². The van der Waals surface area contributed by atoms with Gasteiger partial charge in [-0.15, -0.1) is 0 Å². The summed E-state index contributed by atoms with van der Waals surface area (Å²) in [5.74, 6) is -0.118. The van der Waals surface area contributed by atoms with Crippen LogP contribution in [-0.2, 0) is 4.79 Å². The molecule has 1 heterocycles. The van der Waals surface area contributed by atoms with E-state index in [0.29, 0.717) is 5.75 Å². The third kappa shape index (κ3) is 3.07. The van der Waals surface area contributed by atoms with Crippen molar-refractivity contribution in [2.75, 3.05) is 13.2 Å². The van der Waals surface area contributed by atoms with E-state index >= 15 is 0 Å². The minimum atomic E-state index is -1.37. The Morgan fingerprint density at radius 2 is 2.05 bits per heavy atom. The van der Waals surface area contributed by atoms with E-state index in [4.69, 9.17) is 19.7 Å². The zero-order chi connectivity index (χ0) is 15.6. The fourth-order valence-electron chi connectivity index (χ4n) is 1.87. The van der Waals surface area contributed by atoms with Gasteiger partial charge >= 0.3 is 5.97 Å². The van der Waals surface area contributed by atoms with Crippen molar-refractivity contribution in [1.29, 1.82) is 0 Å². The van der Waals surface area contributed by atoms with Crippen LogP contribution in [0.25, 0.3) is 5.57 Å². The van der Waals surface area contributed by atoms with E-state index < -0.39 is 30.9 Å². The van der Waals surface area contributed by atoms with E-state index in [0.717, 1.165) is 11.1 Å². The fourth-order valence-corrected chi connectivity index (χ4v) is 1.87. The Morgan fingerprint density at radius 3 is 2.67 bits per heavy atom. The summed E-state index contributed by atoms with van der Waals surface area (Å²) in [5, 5.41) is 27.9. The number of hydrogen-bond acceptors (Lipinski definition) is 6. The summed E-state index contributed by atoms with van der Waals surface area (Å²) in [4.78, 5) is 11.9. The van der Waals surface area contributed by atoms with Crippen LogP contribution in [0.5, 0.6) is 11.5 Å². The average Bonchev–Trinajstić information content (AvgIpc) is 2.45. The van der Waals surface area contributed by atoms with E-state index in [1.165, 1.54) is 13.0 Å². The number of benzene rings is 1. The molecule has 0 saturated heterocycles. The van der Waals surface area contributed by atoms with E-state index in [1.54, 1.807) is 18.2 Å². The van der Waals surface area contributed by atoms with Crippen molar-refractivity contribution in [3.8, 4) is 11.5 Å². The van der Waals surface area contributed by atoms with E-state index in [9.17, 15) is 9.90 Å². The van der Waals surface area contributed by atoms with Crippen LogP contribution in [0.2, 0.25) is 0 Å². The number of esters is 1. The van der Waals surface area contributed by atoms with Crippen LogP contribution in [0.15, 0.2) is 24.3 Å². The third-order valence-electron chi connectivity index (χ3n) is 3.42. The fraction of sp³-hybridized carbons (Fsp3) is 0.400. The van der Waals surface area contributed by atoms with Crippen molar-refractivity contribution >= 4 is 11.5 Å². The first-order valence-electron chi connectivity index (χ1n) is 6.51. The third-order valence-corrected chi connectivity index (χ3v) is 3.42. The Hall–Kier alpha value is -1.89. The molecule has 114 valence electrons. The van der Waals surface area contributed by atoms with Crippen molar-refractivity contribution in [1.82, 2.24) is 0 Å². The number of allylic oxidation sites excluding steroid dienone is 1. The Kier molecular flexibility index (Phi) is 4.32. The molecule has 0 saturated carbocycles. The van der Waals surface area contributed by atoms with Crippen LogP contribution >= 0.6 is 0 Å². The number of carbonyl (C=O) groups excluding carboxylic acids is 1. The first-order chi connectivity index (χ1) is 9.89. The molecule has 0 radical (unpaired) electrons. The quantitative estimate of drug-likeness (QED) is 0.559. The molecule has 1 aliphatic heterocycles. The van der Waals surface area contributed by atoms with Gasteiger partial charge in [0.25, 0.3) is 0 Å². The number of hydrogen-bond donors (Lipinski definition) is 3. The van der Waals surface area contributed by atoms with Crippen LogP contribution in [-0.4, -0.2) is 40.8 Å². The second-order valence-corrected chi connectivity index (χ2v) is 5.28. The number of rotatable bonds is 4. The highest BCUT2D eigenvalue weighted by molar-refractivity contribution is 5.80. The molecule has 1 aromatic carbocycles. The maximum atomic E-state index is 11.9. The van der Waals surface area contributed by atoms with Gasteiger partial charge in [0.2, 0.25) is 6.29 Å². The summed E-state index contributed by atoms with van der Waals surface area (Å²) in [7, 11) is 0. The number of carbonyl (C=O) groups is 1. The SMILES string of the molecule is CC1=CC(O)Oc2cc(OC(=O)C(C)(CO)CO)ccc21. The van der Waals surface area contributed by atoms with Crippen LogP contribution in [0, 0.1) is 5.41 Å². The van der Waals surface area contributed by atoms with Crippen LogP contribution in [0.3, 0.4) is 0 Å². The van der Waals surface area contributed by atoms with Gasteiger partial charge in [-0.05, 0) is 37.6 Å². The Bertz CT molecular complexity index is 574. The average molecular weight is 294 g/mol. The second kappa shape index (κ2) is 5.85. The second-order valence-electron chi connectivity index (χ2n) is 5.28. The van der Waals surface area contributed by atoms with Crippen molar-refractivity contribution in [3.63, 3.8) is 0 Å². The van der Waals surface area contributed by atoms with Gasteiger partial charge in [0.1, 0.15) is 16.9 Å². The predicted octanol–water partition coefficient (Wildman–Crippen LogP) is 0.697. The number of aliphatic hydroxyl groups is 3. The van der Waals surface area contributed by atoms with Gasteiger partial charge in [-0.1, -0.05) is 0 Å². The molecular formula is C15H18O6.